The molecule has 180 valence electrons. The zero-order valence-corrected chi connectivity index (χ0v) is 24.6. The van der Waals surface area contributed by atoms with Crippen molar-refractivity contribution in [1.82, 2.24) is 0 Å². The monoisotopic (exact) mass is 500 g/mol. The number of hydrogen-bond donors (Lipinski definition) is 0. The Hall–Kier alpha value is 1.27. The predicted octanol–water partition coefficient (Wildman–Crippen LogP) is 3.13. The zero-order valence-electron chi connectivity index (χ0n) is 21.4. The van der Waals surface area contributed by atoms with E-state index >= 15 is 0 Å². The molecule has 0 rings (SSSR count). The van der Waals surface area contributed by atoms with Crippen LogP contribution in [0.3, 0.4) is 0 Å². The van der Waals surface area contributed by atoms with Crippen molar-refractivity contribution in [2.75, 3.05) is 26.4 Å². The van der Waals surface area contributed by atoms with Crippen LogP contribution >= 0.6 is 0 Å². The van der Waals surface area contributed by atoms with Gasteiger partial charge in [0.15, 0.2) is 0 Å². The Kier molecular flexibility index (Phi) is 60.7. The molecule has 0 aliphatic heterocycles. The Balaban J connectivity index is -0.0000000626. The molecule has 30 heavy (non-hydrogen) atoms. The molecule has 0 heterocycles. The Morgan fingerprint density at radius 3 is 0.533 bits per heavy atom. The summed E-state index contributed by atoms with van der Waals surface area (Å²) in [5, 5.41) is 39.3. The summed E-state index contributed by atoms with van der Waals surface area (Å²) in [5.74, 6) is 2.81. The van der Waals surface area contributed by atoms with E-state index in [2.05, 4.69) is 55.4 Å². The minimum atomic E-state index is 0. The van der Waals surface area contributed by atoms with Gasteiger partial charge in [0.05, 0.1) is 0 Å². The van der Waals surface area contributed by atoms with Gasteiger partial charge in [-0.1, -0.05) is 107 Å². The second-order valence-corrected chi connectivity index (χ2v) is 8.96. The van der Waals surface area contributed by atoms with Crippen molar-refractivity contribution in [3.8, 4) is 0 Å². The summed E-state index contributed by atoms with van der Waals surface area (Å²) in [4.78, 5) is 0. The van der Waals surface area contributed by atoms with Gasteiger partial charge < -0.3 is 20.4 Å². The molecule has 0 spiro atoms. The van der Waals surface area contributed by atoms with Crippen LogP contribution < -0.4 is 20.4 Å². The van der Waals surface area contributed by atoms with Crippen LogP contribution in [0.25, 0.3) is 0 Å². The van der Waals surface area contributed by atoms with E-state index in [0.717, 1.165) is 51.4 Å². The van der Waals surface area contributed by atoms with Gasteiger partial charge in [-0.25, -0.2) is 0 Å². The van der Waals surface area contributed by atoms with E-state index in [1.54, 1.807) is 0 Å². The van der Waals surface area contributed by atoms with Crippen LogP contribution in [0, 0.1) is 23.7 Å². The topological polar surface area (TPSA) is 92.2 Å². The molecule has 0 amide bonds. The Morgan fingerprint density at radius 2 is 0.500 bits per heavy atom. The quantitative estimate of drug-likeness (QED) is 0.385. The predicted molar refractivity (Wildman–Crippen MR) is 116 cm³/mol. The molecule has 0 bridgehead atoms. The third-order valence-electron chi connectivity index (χ3n) is 3.70. The van der Waals surface area contributed by atoms with Crippen LogP contribution in [0.15, 0.2) is 0 Å². The molecule has 6 heteroatoms. The molecule has 0 fully saturated rings. The van der Waals surface area contributed by atoms with Crippen LogP contribution in [-0.2, 0) is 43.4 Å². The summed E-state index contributed by atoms with van der Waals surface area (Å²) in [6.07, 6.45) is 7.73. The number of rotatable bonds is 12. The Labute approximate surface area is 219 Å². The van der Waals surface area contributed by atoms with Gasteiger partial charge in [0, 0.05) is 0 Å². The standard InChI is InChI=1S/4C6H13O.2Ti/c4*1-6(2)4-3-5-7;;/h4*6H,3-5H2,1-2H3;;/q4*-1;2*+2. The van der Waals surface area contributed by atoms with Crippen molar-refractivity contribution >= 4 is 0 Å². The van der Waals surface area contributed by atoms with Crippen molar-refractivity contribution in [1.29, 1.82) is 0 Å². The molecule has 0 atom stereocenters. The first-order valence-corrected chi connectivity index (χ1v) is 11.4. The van der Waals surface area contributed by atoms with E-state index in [1.165, 1.54) is 0 Å². The van der Waals surface area contributed by atoms with Crippen LogP contribution in [0.5, 0.6) is 0 Å². The summed E-state index contributed by atoms with van der Waals surface area (Å²) < 4.78 is 0. The zero-order chi connectivity index (χ0) is 22.8. The van der Waals surface area contributed by atoms with Gasteiger partial charge in [-0.05, 0) is 23.7 Å². The first-order chi connectivity index (χ1) is 13.1. The maximum atomic E-state index is 9.83. The first kappa shape index (κ1) is 44.9. The maximum absolute atomic E-state index is 9.83. The van der Waals surface area contributed by atoms with Gasteiger partial charge in [-0.15, -0.1) is 26.4 Å². The maximum Gasteiger partial charge on any atom is 2.00 e. The van der Waals surface area contributed by atoms with Crippen molar-refractivity contribution < 1.29 is 63.9 Å². The second-order valence-electron chi connectivity index (χ2n) is 8.96. The van der Waals surface area contributed by atoms with Crippen molar-refractivity contribution in [3.63, 3.8) is 0 Å². The largest absolute Gasteiger partial charge is 2.00 e. The molecular formula is C24H52O4Ti2. The Bertz CT molecular complexity index is 191. The third-order valence-corrected chi connectivity index (χ3v) is 3.70. The average Bonchev–Trinajstić information content (AvgIpc) is 2.62. The van der Waals surface area contributed by atoms with Gasteiger partial charge in [0.2, 0.25) is 0 Å². The third kappa shape index (κ3) is 78.4. The first-order valence-electron chi connectivity index (χ1n) is 11.4. The van der Waals surface area contributed by atoms with Crippen LogP contribution in [0.4, 0.5) is 0 Å². The van der Waals surface area contributed by atoms with E-state index in [1.807, 2.05) is 0 Å². The van der Waals surface area contributed by atoms with Gasteiger partial charge in [-0.2, -0.15) is 0 Å². The smallest absolute Gasteiger partial charge is 0.854 e. The molecule has 0 saturated carbocycles. The Morgan fingerprint density at radius 1 is 0.367 bits per heavy atom. The van der Waals surface area contributed by atoms with Crippen LogP contribution in [0.1, 0.15) is 107 Å². The van der Waals surface area contributed by atoms with E-state index in [9.17, 15) is 20.4 Å². The van der Waals surface area contributed by atoms with Gasteiger partial charge >= 0.3 is 43.4 Å². The fraction of sp³-hybridized carbons (Fsp3) is 1.00. The minimum absolute atomic E-state index is 0. The van der Waals surface area contributed by atoms with Crippen molar-refractivity contribution in [2.45, 2.75) is 107 Å². The summed E-state index contributed by atoms with van der Waals surface area (Å²) in [5.41, 5.74) is 0. The summed E-state index contributed by atoms with van der Waals surface area (Å²) in [6, 6.07) is 0. The second kappa shape index (κ2) is 40.6. The summed E-state index contributed by atoms with van der Waals surface area (Å²) in [7, 11) is 0. The molecule has 0 aromatic rings. The minimum Gasteiger partial charge on any atom is -0.854 e. The average molecular weight is 500 g/mol. The normalized spacial score (nSPS) is 9.60. The van der Waals surface area contributed by atoms with Gasteiger partial charge in [-0.3, -0.25) is 0 Å². The molecule has 0 aliphatic rings. The number of hydrogen-bond acceptors (Lipinski definition) is 4. The molecule has 4 nitrogen and oxygen atoms in total. The molecule has 0 saturated heterocycles. The SMILES string of the molecule is CC(C)CCC[O-].CC(C)CCC[O-].CC(C)CCC[O-].CC(C)CCC[O-].[Ti+2].[Ti+2]. The molecular weight excluding hydrogens is 448 g/mol. The van der Waals surface area contributed by atoms with Crippen molar-refractivity contribution in [3.05, 3.63) is 0 Å². The molecule has 0 radical (unpaired) electrons. The van der Waals surface area contributed by atoms with Crippen LogP contribution in [-0.4, -0.2) is 26.4 Å². The fourth-order valence-corrected chi connectivity index (χ4v) is 1.97. The van der Waals surface area contributed by atoms with Gasteiger partial charge in [0.25, 0.3) is 0 Å². The van der Waals surface area contributed by atoms with Gasteiger partial charge in [0.1, 0.15) is 0 Å². The molecule has 0 unspecified atom stereocenters. The molecule has 0 aromatic heterocycles. The summed E-state index contributed by atoms with van der Waals surface area (Å²) in [6.45, 7) is 17.5. The molecule has 0 N–H and O–H groups in total. The molecule has 0 aromatic carbocycles. The van der Waals surface area contributed by atoms with Crippen LogP contribution in [0.2, 0.25) is 0 Å². The van der Waals surface area contributed by atoms with Crippen molar-refractivity contribution in [2.24, 2.45) is 23.7 Å². The summed E-state index contributed by atoms with van der Waals surface area (Å²) >= 11 is 0. The van der Waals surface area contributed by atoms with E-state index < -0.39 is 0 Å². The molecule has 0 aliphatic carbocycles. The van der Waals surface area contributed by atoms with E-state index in [0.29, 0.717) is 23.7 Å². The van der Waals surface area contributed by atoms with E-state index in [4.69, 9.17) is 0 Å². The fourth-order valence-electron chi connectivity index (χ4n) is 1.97. The van der Waals surface area contributed by atoms with E-state index in [-0.39, 0.29) is 69.9 Å².